The Bertz CT molecular complexity index is 381. The minimum Gasteiger partial charge on any atom is -0.496 e. The van der Waals surface area contributed by atoms with Crippen molar-refractivity contribution in [1.82, 2.24) is 0 Å². The minimum absolute atomic E-state index is 0.127. The van der Waals surface area contributed by atoms with Crippen molar-refractivity contribution < 1.29 is 17.9 Å². The first-order chi connectivity index (χ1) is 7.81. The third-order valence-electron chi connectivity index (χ3n) is 2.22. The van der Waals surface area contributed by atoms with Gasteiger partial charge in [0.2, 0.25) is 0 Å². The molecule has 2 N–H and O–H groups in total. The van der Waals surface area contributed by atoms with Crippen molar-refractivity contribution in [2.24, 2.45) is 5.73 Å². The van der Waals surface area contributed by atoms with Gasteiger partial charge in [0.1, 0.15) is 5.75 Å². The highest BCUT2D eigenvalue weighted by Gasteiger charge is 2.30. The molecule has 1 aromatic carbocycles. The monoisotopic (exact) mass is 311 g/mol. The third kappa shape index (κ3) is 4.95. The van der Waals surface area contributed by atoms with Crippen molar-refractivity contribution >= 4 is 15.9 Å². The maximum absolute atomic E-state index is 12.1. The van der Waals surface area contributed by atoms with Crippen molar-refractivity contribution in [3.63, 3.8) is 0 Å². The van der Waals surface area contributed by atoms with E-state index >= 15 is 0 Å². The Balaban J connectivity index is 2.76. The molecule has 0 amide bonds. The molecule has 6 heteroatoms. The van der Waals surface area contributed by atoms with E-state index in [1.807, 2.05) is 0 Å². The van der Waals surface area contributed by atoms with E-state index in [4.69, 9.17) is 10.5 Å². The maximum atomic E-state index is 12.1. The highest BCUT2D eigenvalue weighted by Crippen LogP contribution is 2.27. The van der Waals surface area contributed by atoms with Crippen molar-refractivity contribution in [3.05, 3.63) is 28.2 Å². The van der Waals surface area contributed by atoms with Crippen LogP contribution < -0.4 is 10.5 Å². The van der Waals surface area contributed by atoms with Crippen LogP contribution in [0.4, 0.5) is 13.2 Å². The fourth-order valence-corrected chi connectivity index (χ4v) is 1.97. The Labute approximate surface area is 106 Å². The molecule has 0 heterocycles. The Hall–Kier alpha value is -0.750. The lowest BCUT2D eigenvalue weighted by molar-refractivity contribution is -0.138. The fourth-order valence-electron chi connectivity index (χ4n) is 1.56. The second-order valence-electron chi connectivity index (χ2n) is 3.74. The largest absolute Gasteiger partial charge is 0.496 e. The average Bonchev–Trinajstić information content (AvgIpc) is 2.14. The minimum atomic E-state index is -4.24. The molecule has 1 atom stereocenters. The first-order valence-corrected chi connectivity index (χ1v) is 5.76. The maximum Gasteiger partial charge on any atom is 0.390 e. The number of halogens is 4. The SMILES string of the molecule is COc1ccc(Br)cc1CC(N)CC(F)(F)F. The van der Waals surface area contributed by atoms with Gasteiger partial charge < -0.3 is 10.5 Å². The van der Waals surface area contributed by atoms with Gasteiger partial charge in [0.25, 0.3) is 0 Å². The molecule has 0 aliphatic carbocycles. The number of hydrogen-bond acceptors (Lipinski definition) is 2. The van der Waals surface area contributed by atoms with E-state index in [9.17, 15) is 13.2 Å². The molecule has 0 aliphatic rings. The molecule has 1 unspecified atom stereocenters. The first-order valence-electron chi connectivity index (χ1n) is 4.96. The highest BCUT2D eigenvalue weighted by molar-refractivity contribution is 9.10. The van der Waals surface area contributed by atoms with E-state index in [0.717, 1.165) is 4.47 Å². The van der Waals surface area contributed by atoms with Crippen molar-refractivity contribution in [2.45, 2.75) is 25.1 Å². The summed E-state index contributed by atoms with van der Waals surface area (Å²) in [5.41, 5.74) is 6.14. The summed E-state index contributed by atoms with van der Waals surface area (Å²) in [7, 11) is 1.47. The molecule has 0 radical (unpaired) electrons. The van der Waals surface area contributed by atoms with Crippen LogP contribution in [0.1, 0.15) is 12.0 Å². The van der Waals surface area contributed by atoms with Gasteiger partial charge in [-0.1, -0.05) is 15.9 Å². The number of nitrogens with two attached hydrogens (primary N) is 1. The predicted octanol–water partition coefficient (Wildman–Crippen LogP) is 3.28. The van der Waals surface area contributed by atoms with Gasteiger partial charge in [0.05, 0.1) is 13.5 Å². The van der Waals surface area contributed by atoms with E-state index < -0.39 is 18.6 Å². The number of methoxy groups -OCH3 is 1. The zero-order valence-electron chi connectivity index (χ0n) is 9.22. The third-order valence-corrected chi connectivity index (χ3v) is 2.71. The number of alkyl halides is 3. The van der Waals surface area contributed by atoms with Gasteiger partial charge in [-0.3, -0.25) is 0 Å². The Morgan fingerprint density at radius 1 is 1.41 bits per heavy atom. The van der Waals surface area contributed by atoms with Gasteiger partial charge in [-0.25, -0.2) is 0 Å². The van der Waals surface area contributed by atoms with Crippen LogP contribution in [0, 0.1) is 0 Å². The summed E-state index contributed by atoms with van der Waals surface area (Å²) < 4.78 is 42.3. The van der Waals surface area contributed by atoms with Crippen LogP contribution in [0.15, 0.2) is 22.7 Å². The molecule has 96 valence electrons. The zero-order chi connectivity index (χ0) is 13.1. The first kappa shape index (κ1) is 14.3. The van der Waals surface area contributed by atoms with E-state index in [-0.39, 0.29) is 6.42 Å². The van der Waals surface area contributed by atoms with Gasteiger partial charge >= 0.3 is 6.18 Å². The van der Waals surface area contributed by atoms with Crippen LogP contribution in [0.3, 0.4) is 0 Å². The summed E-state index contributed by atoms with van der Waals surface area (Å²) in [6, 6.07) is 4.21. The summed E-state index contributed by atoms with van der Waals surface area (Å²) in [6.45, 7) is 0. The van der Waals surface area contributed by atoms with Crippen LogP contribution in [-0.2, 0) is 6.42 Å². The predicted molar refractivity (Wildman–Crippen MR) is 63.0 cm³/mol. The molecule has 0 fully saturated rings. The van der Waals surface area contributed by atoms with Crippen molar-refractivity contribution in [1.29, 1.82) is 0 Å². The summed E-state index contributed by atoms with van der Waals surface area (Å²) in [4.78, 5) is 0. The van der Waals surface area contributed by atoms with Crippen LogP contribution in [0.25, 0.3) is 0 Å². The summed E-state index contributed by atoms with van der Waals surface area (Å²) in [6.07, 6.45) is -5.11. The second-order valence-corrected chi connectivity index (χ2v) is 4.66. The molecule has 0 spiro atoms. The average molecular weight is 312 g/mol. The molecule has 0 aromatic heterocycles. The van der Waals surface area contributed by atoms with Crippen molar-refractivity contribution in [3.8, 4) is 5.75 Å². The quantitative estimate of drug-likeness (QED) is 0.926. The van der Waals surface area contributed by atoms with Crippen LogP contribution >= 0.6 is 15.9 Å². The van der Waals surface area contributed by atoms with E-state index in [0.29, 0.717) is 11.3 Å². The fraction of sp³-hybridized carbons (Fsp3) is 0.455. The molecule has 0 saturated carbocycles. The van der Waals surface area contributed by atoms with Crippen LogP contribution in [0.5, 0.6) is 5.75 Å². The summed E-state index contributed by atoms with van der Waals surface area (Å²) >= 11 is 3.26. The Morgan fingerprint density at radius 3 is 2.59 bits per heavy atom. The van der Waals surface area contributed by atoms with Gasteiger partial charge in [-0.05, 0) is 30.2 Å². The van der Waals surface area contributed by atoms with Gasteiger partial charge in [0.15, 0.2) is 0 Å². The summed E-state index contributed by atoms with van der Waals surface area (Å²) in [5, 5.41) is 0. The normalized spacial score (nSPS) is 13.5. The van der Waals surface area contributed by atoms with E-state index in [1.54, 1.807) is 18.2 Å². The van der Waals surface area contributed by atoms with Gasteiger partial charge in [-0.15, -0.1) is 0 Å². The Kier molecular flexibility index (Phi) is 4.82. The summed E-state index contributed by atoms with van der Waals surface area (Å²) in [5.74, 6) is 0.547. The molecule has 0 saturated heterocycles. The van der Waals surface area contributed by atoms with E-state index in [1.165, 1.54) is 7.11 Å². The highest BCUT2D eigenvalue weighted by atomic mass is 79.9. The lowest BCUT2D eigenvalue weighted by Crippen LogP contribution is -2.29. The molecule has 2 nitrogen and oxygen atoms in total. The zero-order valence-corrected chi connectivity index (χ0v) is 10.8. The molecule has 0 bridgehead atoms. The number of rotatable bonds is 4. The molecular weight excluding hydrogens is 299 g/mol. The second kappa shape index (κ2) is 5.73. The standard InChI is InChI=1S/C11H13BrF3NO/c1-17-10-3-2-8(12)4-7(10)5-9(16)6-11(13,14)15/h2-4,9H,5-6,16H2,1H3. The Morgan fingerprint density at radius 2 is 2.06 bits per heavy atom. The molecule has 17 heavy (non-hydrogen) atoms. The number of benzene rings is 1. The van der Waals surface area contributed by atoms with Gasteiger partial charge in [-0.2, -0.15) is 13.2 Å². The molecule has 1 rings (SSSR count). The molecule has 0 aliphatic heterocycles. The van der Waals surface area contributed by atoms with E-state index in [2.05, 4.69) is 15.9 Å². The smallest absolute Gasteiger partial charge is 0.390 e. The van der Waals surface area contributed by atoms with Gasteiger partial charge in [0, 0.05) is 10.5 Å². The van der Waals surface area contributed by atoms with Crippen molar-refractivity contribution in [2.75, 3.05) is 7.11 Å². The number of ether oxygens (including phenoxy) is 1. The van der Waals surface area contributed by atoms with Crippen LogP contribution in [-0.4, -0.2) is 19.3 Å². The topological polar surface area (TPSA) is 35.2 Å². The van der Waals surface area contributed by atoms with Crippen LogP contribution in [0.2, 0.25) is 0 Å². The lowest BCUT2D eigenvalue weighted by Gasteiger charge is -2.16. The number of hydrogen-bond donors (Lipinski definition) is 1. The molecular formula is C11H13BrF3NO. The lowest BCUT2D eigenvalue weighted by atomic mass is 10.0. The molecule has 1 aromatic rings.